The third kappa shape index (κ3) is 4.38. The zero-order valence-corrected chi connectivity index (χ0v) is 15.8. The molecule has 2 aliphatic rings. The first kappa shape index (κ1) is 19.2. The highest BCUT2D eigenvalue weighted by Crippen LogP contribution is 2.25. The van der Waals surface area contributed by atoms with Gasteiger partial charge < -0.3 is 16.0 Å². The lowest BCUT2D eigenvalue weighted by Gasteiger charge is -2.37. The fourth-order valence-electron chi connectivity index (χ4n) is 3.61. The Hall–Kier alpha value is -1.60. The largest absolute Gasteiger partial charge is 0.343 e. The van der Waals surface area contributed by atoms with Crippen LogP contribution in [0.4, 0.5) is 4.39 Å². The van der Waals surface area contributed by atoms with Gasteiger partial charge in [-0.05, 0) is 43.7 Å². The summed E-state index contributed by atoms with van der Waals surface area (Å²) in [6.45, 7) is 3.40. The van der Waals surface area contributed by atoms with Crippen LogP contribution in [0.2, 0.25) is 0 Å². The van der Waals surface area contributed by atoms with Crippen LogP contribution >= 0.6 is 11.8 Å². The number of hydrogen-bond acceptors (Lipinski definition) is 4. The van der Waals surface area contributed by atoms with E-state index in [2.05, 4.69) is 5.32 Å². The number of nitrogens with one attached hydrogen (secondary N) is 1. The number of thioether (sulfide) groups is 1. The monoisotopic (exact) mass is 379 g/mol. The lowest BCUT2D eigenvalue weighted by Crippen LogP contribution is -2.56. The second kappa shape index (κ2) is 8.39. The lowest BCUT2D eigenvalue weighted by molar-refractivity contribution is -0.137. The number of likely N-dealkylation sites (tertiary alicyclic amines) is 1. The van der Waals surface area contributed by atoms with Gasteiger partial charge in [-0.3, -0.25) is 9.59 Å². The van der Waals surface area contributed by atoms with Gasteiger partial charge in [0.1, 0.15) is 11.9 Å². The van der Waals surface area contributed by atoms with E-state index in [4.69, 9.17) is 5.73 Å². The van der Waals surface area contributed by atoms with E-state index >= 15 is 0 Å². The van der Waals surface area contributed by atoms with Gasteiger partial charge in [-0.25, -0.2) is 4.39 Å². The van der Waals surface area contributed by atoms with Crippen LogP contribution in [-0.2, 0) is 16.0 Å². The van der Waals surface area contributed by atoms with Gasteiger partial charge in [-0.15, -0.1) is 11.8 Å². The Kier molecular flexibility index (Phi) is 6.19. The Balaban J connectivity index is 1.53. The van der Waals surface area contributed by atoms with Crippen LogP contribution in [0, 0.1) is 11.7 Å². The van der Waals surface area contributed by atoms with Gasteiger partial charge >= 0.3 is 0 Å². The van der Waals surface area contributed by atoms with Crippen molar-refractivity contribution in [2.75, 3.05) is 18.8 Å². The predicted octanol–water partition coefficient (Wildman–Crippen LogP) is 1.55. The molecule has 2 saturated heterocycles. The summed E-state index contributed by atoms with van der Waals surface area (Å²) in [5, 5.41) is 2.48. The Morgan fingerprint density at radius 2 is 2.08 bits per heavy atom. The van der Waals surface area contributed by atoms with Crippen LogP contribution in [0.15, 0.2) is 24.3 Å². The molecule has 0 aromatic heterocycles. The summed E-state index contributed by atoms with van der Waals surface area (Å²) in [6, 6.07) is 6.16. The third-order valence-corrected chi connectivity index (χ3v) is 6.64. The topological polar surface area (TPSA) is 75.4 Å². The molecular formula is C19H26FN3O2S. The van der Waals surface area contributed by atoms with Crippen LogP contribution in [0.1, 0.15) is 25.3 Å². The van der Waals surface area contributed by atoms with Crippen LogP contribution < -0.4 is 11.1 Å². The average molecular weight is 380 g/mol. The summed E-state index contributed by atoms with van der Waals surface area (Å²) in [5.41, 5.74) is 6.48. The van der Waals surface area contributed by atoms with Crippen molar-refractivity contribution in [2.24, 2.45) is 11.7 Å². The molecule has 142 valence electrons. The molecule has 2 aliphatic heterocycles. The zero-order valence-electron chi connectivity index (χ0n) is 15.0. The third-order valence-electron chi connectivity index (χ3n) is 5.33. The molecule has 3 atom stereocenters. The number of nitrogens with two attached hydrogens (primary N) is 1. The molecule has 0 radical (unpaired) electrons. The van der Waals surface area contributed by atoms with Gasteiger partial charge in [0, 0.05) is 24.9 Å². The first-order valence-electron chi connectivity index (χ1n) is 9.15. The molecule has 3 unspecified atom stereocenters. The van der Waals surface area contributed by atoms with Gasteiger partial charge in [0.2, 0.25) is 11.8 Å². The van der Waals surface area contributed by atoms with Crippen molar-refractivity contribution in [3.8, 4) is 0 Å². The van der Waals surface area contributed by atoms with Gasteiger partial charge in [-0.2, -0.15) is 0 Å². The fraction of sp³-hybridized carbons (Fsp3) is 0.579. The molecule has 7 heteroatoms. The first-order valence-corrected chi connectivity index (χ1v) is 10.2. The molecule has 2 fully saturated rings. The van der Waals surface area contributed by atoms with Gasteiger partial charge in [0.05, 0.1) is 5.25 Å². The molecule has 26 heavy (non-hydrogen) atoms. The van der Waals surface area contributed by atoms with Crippen LogP contribution in [-0.4, -0.2) is 52.9 Å². The molecular weight excluding hydrogens is 353 g/mol. The molecule has 0 aliphatic carbocycles. The first-order chi connectivity index (χ1) is 12.5. The molecule has 3 N–H and O–H groups in total. The molecule has 0 bridgehead atoms. The number of nitrogens with zero attached hydrogens (tertiary/aromatic N) is 1. The van der Waals surface area contributed by atoms with E-state index < -0.39 is 6.04 Å². The minimum absolute atomic E-state index is 0.0154. The lowest BCUT2D eigenvalue weighted by atomic mass is 9.91. The second-order valence-electron chi connectivity index (χ2n) is 7.20. The summed E-state index contributed by atoms with van der Waals surface area (Å²) < 4.78 is 13.8. The number of rotatable bonds is 4. The Morgan fingerprint density at radius 1 is 1.38 bits per heavy atom. The molecule has 1 aromatic rings. The highest BCUT2D eigenvalue weighted by Gasteiger charge is 2.36. The molecule has 2 amide bonds. The number of halogens is 1. The summed E-state index contributed by atoms with van der Waals surface area (Å²) in [4.78, 5) is 26.9. The van der Waals surface area contributed by atoms with Crippen molar-refractivity contribution in [1.82, 2.24) is 10.2 Å². The van der Waals surface area contributed by atoms with Crippen molar-refractivity contribution in [3.63, 3.8) is 0 Å². The summed E-state index contributed by atoms with van der Waals surface area (Å²) in [7, 11) is 0. The molecule has 1 aromatic carbocycles. The van der Waals surface area contributed by atoms with Crippen molar-refractivity contribution in [2.45, 2.75) is 43.5 Å². The number of carbonyl (C=O) groups excluding carboxylic acids is 2. The number of benzene rings is 1. The Morgan fingerprint density at radius 3 is 2.69 bits per heavy atom. The number of carbonyl (C=O) groups is 2. The van der Waals surface area contributed by atoms with Gasteiger partial charge in [0.25, 0.3) is 0 Å². The van der Waals surface area contributed by atoms with Crippen LogP contribution in [0.25, 0.3) is 0 Å². The maximum Gasteiger partial charge on any atom is 0.246 e. The standard InChI is InChI=1S/C19H26FN3O2S/c1-12(21)13-6-8-23(9-7-13)19(25)16-11-26-17(18(24)22-16)10-14-4-2-3-5-15(14)20/h2-5,12-13,16-17H,6-11,21H2,1H3,(H,22,24). The van der Waals surface area contributed by atoms with E-state index in [0.717, 1.165) is 12.8 Å². The van der Waals surface area contributed by atoms with E-state index in [1.165, 1.54) is 17.8 Å². The molecule has 2 heterocycles. The van der Waals surface area contributed by atoms with E-state index in [1.54, 1.807) is 18.2 Å². The van der Waals surface area contributed by atoms with Crippen LogP contribution in [0.3, 0.4) is 0 Å². The molecule has 0 saturated carbocycles. The molecule has 3 rings (SSSR count). The average Bonchev–Trinajstić information content (AvgIpc) is 2.64. The second-order valence-corrected chi connectivity index (χ2v) is 8.44. The number of hydrogen-bond donors (Lipinski definition) is 2. The number of piperidine rings is 1. The molecule has 5 nitrogen and oxygen atoms in total. The summed E-state index contributed by atoms with van der Waals surface area (Å²) >= 11 is 1.43. The summed E-state index contributed by atoms with van der Waals surface area (Å²) in [5.74, 6) is 0.485. The highest BCUT2D eigenvalue weighted by molar-refractivity contribution is 8.00. The minimum Gasteiger partial charge on any atom is -0.343 e. The van der Waals surface area contributed by atoms with Crippen LogP contribution in [0.5, 0.6) is 0 Å². The minimum atomic E-state index is -0.490. The smallest absolute Gasteiger partial charge is 0.246 e. The predicted molar refractivity (Wildman–Crippen MR) is 101 cm³/mol. The van der Waals surface area contributed by atoms with E-state index in [1.807, 2.05) is 11.8 Å². The van der Waals surface area contributed by atoms with E-state index in [0.29, 0.717) is 36.7 Å². The maximum absolute atomic E-state index is 13.8. The SMILES string of the molecule is CC(N)C1CCN(C(=O)C2CSC(Cc3ccccc3F)C(=O)N2)CC1. The Bertz CT molecular complexity index is 662. The normalized spacial score (nSPS) is 25.7. The van der Waals surface area contributed by atoms with Crippen molar-refractivity contribution >= 4 is 23.6 Å². The van der Waals surface area contributed by atoms with Crippen molar-refractivity contribution in [3.05, 3.63) is 35.6 Å². The quantitative estimate of drug-likeness (QED) is 0.832. The van der Waals surface area contributed by atoms with Gasteiger partial charge in [-0.1, -0.05) is 18.2 Å². The summed E-state index contributed by atoms with van der Waals surface area (Å²) in [6.07, 6.45) is 2.16. The Labute approximate surface area is 157 Å². The maximum atomic E-state index is 13.8. The molecule has 0 spiro atoms. The number of amides is 2. The van der Waals surface area contributed by atoms with Crippen molar-refractivity contribution < 1.29 is 14.0 Å². The van der Waals surface area contributed by atoms with Gasteiger partial charge in [0.15, 0.2) is 0 Å². The van der Waals surface area contributed by atoms with E-state index in [-0.39, 0.29) is 28.9 Å². The fourth-order valence-corrected chi connectivity index (χ4v) is 4.78. The zero-order chi connectivity index (χ0) is 18.7. The van der Waals surface area contributed by atoms with E-state index in [9.17, 15) is 14.0 Å². The van der Waals surface area contributed by atoms with Crippen molar-refractivity contribution in [1.29, 1.82) is 0 Å². The highest BCUT2D eigenvalue weighted by atomic mass is 32.2.